The highest BCUT2D eigenvalue weighted by atomic mass is 16.2. The van der Waals surface area contributed by atoms with Gasteiger partial charge in [-0.3, -0.25) is 4.68 Å². The summed E-state index contributed by atoms with van der Waals surface area (Å²) in [5.41, 5.74) is 5.52. The first kappa shape index (κ1) is 14.1. The number of benzene rings is 1. The van der Waals surface area contributed by atoms with Crippen LogP contribution in [0.4, 0.5) is 16.2 Å². The number of nitrogens with zero attached hydrogens (tertiary/aromatic N) is 2. The molecule has 0 atom stereocenters. The van der Waals surface area contributed by atoms with E-state index < -0.39 is 0 Å². The summed E-state index contributed by atoms with van der Waals surface area (Å²) in [5.74, 6) is 0. The minimum absolute atomic E-state index is 0.254. The zero-order valence-corrected chi connectivity index (χ0v) is 12.5. The number of hydrogen-bond acceptors (Lipinski definition) is 2. The Morgan fingerprint density at radius 3 is 2.40 bits per heavy atom. The monoisotopic (exact) mass is 272 g/mol. The molecule has 0 saturated heterocycles. The van der Waals surface area contributed by atoms with E-state index in [4.69, 9.17) is 0 Å². The maximum absolute atomic E-state index is 12.1. The highest BCUT2D eigenvalue weighted by Crippen LogP contribution is 2.20. The zero-order chi connectivity index (χ0) is 14.9. The molecule has 1 heterocycles. The fraction of sp³-hybridized carbons (Fsp3) is 0.333. The molecule has 2 N–H and O–H groups in total. The van der Waals surface area contributed by atoms with Crippen LogP contribution in [0.15, 0.2) is 18.2 Å². The molecule has 1 aromatic heterocycles. The maximum Gasteiger partial charge on any atom is 0.323 e. The molecule has 0 unspecified atom stereocenters. The molecular weight excluding hydrogens is 252 g/mol. The molecule has 0 fully saturated rings. The van der Waals surface area contributed by atoms with E-state index in [9.17, 15) is 4.79 Å². The number of urea groups is 1. The number of nitrogens with one attached hydrogen (secondary N) is 2. The van der Waals surface area contributed by atoms with Crippen molar-refractivity contribution in [1.29, 1.82) is 0 Å². The molecule has 0 aliphatic heterocycles. The Hall–Kier alpha value is -2.30. The molecule has 2 amide bonds. The van der Waals surface area contributed by atoms with Crippen LogP contribution in [0.2, 0.25) is 0 Å². The molecule has 2 aromatic rings. The quantitative estimate of drug-likeness (QED) is 0.881. The number of carbonyl (C=O) groups is 1. The standard InChI is InChI=1S/C15H20N4O/c1-9-6-7-13(10(2)8-9)16-15(20)17-14-11(3)18-19(5)12(14)4/h6-8H,1-5H3,(H2,16,17,20). The molecule has 0 saturated carbocycles. The third-order valence-electron chi connectivity index (χ3n) is 3.38. The SMILES string of the molecule is Cc1ccc(NC(=O)Nc2c(C)nn(C)c2C)c(C)c1. The van der Waals surface area contributed by atoms with Crippen LogP contribution in [-0.4, -0.2) is 15.8 Å². The Balaban J connectivity index is 2.13. The number of rotatable bonds is 2. The number of anilines is 2. The van der Waals surface area contributed by atoms with Gasteiger partial charge in [-0.05, 0) is 39.3 Å². The minimum Gasteiger partial charge on any atom is -0.307 e. The lowest BCUT2D eigenvalue weighted by Gasteiger charge is -2.10. The predicted molar refractivity (Wildman–Crippen MR) is 81.2 cm³/mol. The fourth-order valence-electron chi connectivity index (χ4n) is 2.18. The summed E-state index contributed by atoms with van der Waals surface area (Å²) >= 11 is 0. The van der Waals surface area contributed by atoms with Gasteiger partial charge in [0.25, 0.3) is 0 Å². The normalized spacial score (nSPS) is 10.4. The molecule has 20 heavy (non-hydrogen) atoms. The molecule has 5 heteroatoms. The highest BCUT2D eigenvalue weighted by Gasteiger charge is 2.12. The first-order valence-corrected chi connectivity index (χ1v) is 6.54. The van der Waals surface area contributed by atoms with E-state index in [0.717, 1.165) is 28.3 Å². The third kappa shape index (κ3) is 2.82. The molecule has 0 aliphatic rings. The number of aryl methyl sites for hydroxylation is 4. The largest absolute Gasteiger partial charge is 0.323 e. The second-order valence-corrected chi connectivity index (χ2v) is 5.07. The Morgan fingerprint density at radius 1 is 1.15 bits per heavy atom. The van der Waals surface area contributed by atoms with Gasteiger partial charge in [-0.25, -0.2) is 4.79 Å². The summed E-state index contributed by atoms with van der Waals surface area (Å²) in [6, 6.07) is 5.67. The summed E-state index contributed by atoms with van der Waals surface area (Å²) in [6.45, 7) is 7.80. The summed E-state index contributed by atoms with van der Waals surface area (Å²) in [5, 5.41) is 9.99. The van der Waals surface area contributed by atoms with Gasteiger partial charge in [0, 0.05) is 12.7 Å². The molecule has 1 aromatic carbocycles. The van der Waals surface area contributed by atoms with Crippen molar-refractivity contribution in [1.82, 2.24) is 9.78 Å². The van der Waals surface area contributed by atoms with E-state index in [1.807, 2.05) is 52.9 Å². The zero-order valence-electron chi connectivity index (χ0n) is 12.5. The number of amides is 2. The van der Waals surface area contributed by atoms with Gasteiger partial charge in [0.05, 0.1) is 17.1 Å². The molecule has 0 spiro atoms. The molecular formula is C15H20N4O. The Bertz CT molecular complexity index is 658. The first-order chi connectivity index (χ1) is 9.38. The van der Waals surface area contributed by atoms with E-state index >= 15 is 0 Å². The summed E-state index contributed by atoms with van der Waals surface area (Å²) < 4.78 is 1.75. The van der Waals surface area contributed by atoms with Crippen molar-refractivity contribution in [3.8, 4) is 0 Å². The number of aromatic nitrogens is 2. The van der Waals surface area contributed by atoms with Crippen LogP contribution in [0.25, 0.3) is 0 Å². The average Bonchev–Trinajstić information content (AvgIpc) is 2.60. The third-order valence-corrected chi connectivity index (χ3v) is 3.38. The van der Waals surface area contributed by atoms with Gasteiger partial charge in [-0.15, -0.1) is 0 Å². The first-order valence-electron chi connectivity index (χ1n) is 6.54. The maximum atomic E-state index is 12.1. The Morgan fingerprint density at radius 2 is 1.85 bits per heavy atom. The Labute approximate surface area is 119 Å². The van der Waals surface area contributed by atoms with Crippen molar-refractivity contribution in [3.05, 3.63) is 40.7 Å². The van der Waals surface area contributed by atoms with Gasteiger partial charge < -0.3 is 10.6 Å². The molecule has 5 nitrogen and oxygen atoms in total. The molecule has 0 radical (unpaired) electrons. The highest BCUT2D eigenvalue weighted by molar-refractivity contribution is 6.00. The van der Waals surface area contributed by atoms with E-state index in [1.54, 1.807) is 4.68 Å². The lowest BCUT2D eigenvalue weighted by Crippen LogP contribution is -2.20. The van der Waals surface area contributed by atoms with Crippen LogP contribution in [-0.2, 0) is 7.05 Å². The van der Waals surface area contributed by atoms with E-state index in [2.05, 4.69) is 15.7 Å². The van der Waals surface area contributed by atoms with Crippen molar-refractivity contribution >= 4 is 17.4 Å². The summed E-state index contributed by atoms with van der Waals surface area (Å²) in [6.07, 6.45) is 0. The van der Waals surface area contributed by atoms with Crippen LogP contribution in [0.5, 0.6) is 0 Å². The van der Waals surface area contributed by atoms with Crippen molar-refractivity contribution in [2.45, 2.75) is 27.7 Å². The number of carbonyl (C=O) groups excluding carboxylic acids is 1. The topological polar surface area (TPSA) is 59.0 Å². The van der Waals surface area contributed by atoms with E-state index in [-0.39, 0.29) is 6.03 Å². The molecule has 2 rings (SSSR count). The van der Waals surface area contributed by atoms with Gasteiger partial charge >= 0.3 is 6.03 Å². The van der Waals surface area contributed by atoms with Crippen molar-refractivity contribution in [2.24, 2.45) is 7.05 Å². The second kappa shape index (κ2) is 5.36. The molecule has 0 aliphatic carbocycles. The molecule has 0 bridgehead atoms. The summed E-state index contributed by atoms with van der Waals surface area (Å²) in [7, 11) is 1.86. The van der Waals surface area contributed by atoms with Crippen molar-refractivity contribution in [3.63, 3.8) is 0 Å². The lowest BCUT2D eigenvalue weighted by atomic mass is 10.1. The van der Waals surface area contributed by atoms with Crippen molar-refractivity contribution in [2.75, 3.05) is 10.6 Å². The second-order valence-electron chi connectivity index (χ2n) is 5.07. The smallest absolute Gasteiger partial charge is 0.307 e. The van der Waals surface area contributed by atoms with E-state index in [1.165, 1.54) is 5.56 Å². The van der Waals surface area contributed by atoms with Crippen LogP contribution >= 0.6 is 0 Å². The minimum atomic E-state index is -0.254. The van der Waals surface area contributed by atoms with Crippen LogP contribution < -0.4 is 10.6 Å². The Kier molecular flexibility index (Phi) is 3.79. The average molecular weight is 272 g/mol. The van der Waals surface area contributed by atoms with Gasteiger partial charge in [0.15, 0.2) is 0 Å². The van der Waals surface area contributed by atoms with Crippen LogP contribution in [0.1, 0.15) is 22.5 Å². The van der Waals surface area contributed by atoms with Gasteiger partial charge in [-0.2, -0.15) is 5.10 Å². The molecule has 106 valence electrons. The van der Waals surface area contributed by atoms with Crippen molar-refractivity contribution < 1.29 is 4.79 Å². The number of hydrogen-bond donors (Lipinski definition) is 2. The summed E-state index contributed by atoms with van der Waals surface area (Å²) in [4.78, 5) is 12.1. The predicted octanol–water partition coefficient (Wildman–Crippen LogP) is 3.30. The lowest BCUT2D eigenvalue weighted by molar-refractivity contribution is 0.262. The van der Waals surface area contributed by atoms with Gasteiger partial charge in [0.1, 0.15) is 0 Å². The van der Waals surface area contributed by atoms with Crippen LogP contribution in [0, 0.1) is 27.7 Å². The van der Waals surface area contributed by atoms with E-state index in [0.29, 0.717) is 0 Å². The van der Waals surface area contributed by atoms with Gasteiger partial charge in [0.2, 0.25) is 0 Å². The fourth-order valence-corrected chi connectivity index (χ4v) is 2.18. The van der Waals surface area contributed by atoms with Gasteiger partial charge in [-0.1, -0.05) is 17.7 Å². The van der Waals surface area contributed by atoms with Crippen LogP contribution in [0.3, 0.4) is 0 Å².